The number of carbonyl (C=O) groups excluding carboxylic acids is 1. The number of nitrogens with zero attached hydrogens (tertiary/aromatic N) is 4. The Bertz CT molecular complexity index is 603. The van der Waals surface area contributed by atoms with Crippen LogP contribution < -0.4 is 4.90 Å². The first-order chi connectivity index (χ1) is 10.8. The smallest absolute Gasteiger partial charge is 0.226 e. The van der Waals surface area contributed by atoms with Gasteiger partial charge in [0.25, 0.3) is 0 Å². The highest BCUT2D eigenvalue weighted by atomic mass is 16.2. The zero-order valence-corrected chi connectivity index (χ0v) is 15.0. The summed E-state index contributed by atoms with van der Waals surface area (Å²) >= 11 is 0. The number of piperazine rings is 1. The minimum atomic E-state index is 0.212. The van der Waals surface area contributed by atoms with Crippen molar-refractivity contribution in [3.63, 3.8) is 0 Å². The summed E-state index contributed by atoms with van der Waals surface area (Å²) in [6.45, 7) is 13.9. The molecule has 3 rings (SSSR count). The van der Waals surface area contributed by atoms with Gasteiger partial charge < -0.3 is 9.80 Å². The van der Waals surface area contributed by atoms with Crippen LogP contribution in [0.25, 0.3) is 0 Å². The molecule has 0 spiro atoms. The highest BCUT2D eigenvalue weighted by Crippen LogP contribution is 2.52. The van der Waals surface area contributed by atoms with Crippen LogP contribution in [0.1, 0.15) is 51.6 Å². The second kappa shape index (κ2) is 5.77. The fourth-order valence-electron chi connectivity index (χ4n) is 3.26. The van der Waals surface area contributed by atoms with Crippen molar-refractivity contribution in [2.45, 2.75) is 47.0 Å². The molecule has 0 unspecified atom stereocenters. The molecule has 0 aromatic carbocycles. The Kier molecular flexibility index (Phi) is 4.07. The van der Waals surface area contributed by atoms with E-state index >= 15 is 0 Å². The monoisotopic (exact) mass is 316 g/mol. The average Bonchev–Trinajstić information content (AvgIpc) is 3.14. The van der Waals surface area contributed by atoms with Crippen molar-refractivity contribution in [2.24, 2.45) is 11.3 Å². The van der Waals surface area contributed by atoms with Crippen LogP contribution in [-0.4, -0.2) is 47.0 Å². The molecule has 1 atom stereocenters. The lowest BCUT2D eigenvalue weighted by atomic mass is 10.1. The van der Waals surface area contributed by atoms with E-state index in [1.807, 2.05) is 17.9 Å². The molecule has 1 aromatic heterocycles. The molecule has 1 amide bonds. The van der Waals surface area contributed by atoms with Gasteiger partial charge in [0, 0.05) is 49.8 Å². The van der Waals surface area contributed by atoms with E-state index in [1.54, 1.807) is 0 Å². The van der Waals surface area contributed by atoms with Crippen molar-refractivity contribution >= 4 is 11.7 Å². The van der Waals surface area contributed by atoms with Gasteiger partial charge in [-0.1, -0.05) is 27.7 Å². The molecule has 0 radical (unpaired) electrons. The Morgan fingerprint density at radius 1 is 1.22 bits per heavy atom. The summed E-state index contributed by atoms with van der Waals surface area (Å²) in [5.74, 6) is 2.81. The second-order valence-corrected chi connectivity index (χ2v) is 7.94. The molecule has 126 valence electrons. The molecule has 1 saturated heterocycles. The van der Waals surface area contributed by atoms with Gasteiger partial charge >= 0.3 is 0 Å². The number of aromatic nitrogens is 2. The summed E-state index contributed by atoms with van der Waals surface area (Å²) in [6, 6.07) is 2.05. The number of amides is 1. The van der Waals surface area contributed by atoms with Crippen LogP contribution in [0.15, 0.2) is 6.07 Å². The van der Waals surface area contributed by atoms with Gasteiger partial charge in [-0.05, 0) is 18.8 Å². The molecule has 2 heterocycles. The summed E-state index contributed by atoms with van der Waals surface area (Å²) in [7, 11) is 0. The van der Waals surface area contributed by atoms with Crippen molar-refractivity contribution in [1.82, 2.24) is 14.9 Å². The van der Waals surface area contributed by atoms with E-state index in [-0.39, 0.29) is 11.3 Å². The molecule has 1 aromatic rings. The summed E-state index contributed by atoms with van der Waals surface area (Å²) in [5.41, 5.74) is 1.22. The third-order valence-corrected chi connectivity index (χ3v) is 5.10. The first-order valence-corrected chi connectivity index (χ1v) is 8.67. The van der Waals surface area contributed by atoms with Gasteiger partial charge in [0.15, 0.2) is 0 Å². The maximum atomic E-state index is 12.5. The van der Waals surface area contributed by atoms with Gasteiger partial charge in [0.05, 0.1) is 0 Å². The van der Waals surface area contributed by atoms with Crippen LogP contribution >= 0.6 is 0 Å². The van der Waals surface area contributed by atoms with Crippen molar-refractivity contribution in [2.75, 3.05) is 31.1 Å². The van der Waals surface area contributed by atoms with Crippen molar-refractivity contribution in [3.8, 4) is 0 Å². The standard InChI is InChI=1S/C18H28N4O/c1-12(2)16-19-13(3)10-15(20-16)21-6-8-22(9-7-21)17(23)14-11-18(14,4)5/h10,12,14H,6-9,11H2,1-5H3/t14-/m1/s1. The zero-order chi connectivity index (χ0) is 16.8. The Hall–Kier alpha value is -1.65. The predicted molar refractivity (Wildman–Crippen MR) is 91.5 cm³/mol. The van der Waals surface area contributed by atoms with Gasteiger partial charge in [-0.3, -0.25) is 4.79 Å². The van der Waals surface area contributed by atoms with Crippen LogP contribution in [0.4, 0.5) is 5.82 Å². The molecule has 0 bridgehead atoms. The fraction of sp³-hybridized carbons (Fsp3) is 0.722. The van der Waals surface area contributed by atoms with E-state index < -0.39 is 0 Å². The van der Waals surface area contributed by atoms with Crippen LogP contribution in [0, 0.1) is 18.3 Å². The quantitative estimate of drug-likeness (QED) is 0.860. The Balaban J connectivity index is 1.64. The maximum Gasteiger partial charge on any atom is 0.226 e. The Labute approximate surface area is 139 Å². The molecule has 23 heavy (non-hydrogen) atoms. The first kappa shape index (κ1) is 16.2. The lowest BCUT2D eigenvalue weighted by Crippen LogP contribution is -2.49. The highest BCUT2D eigenvalue weighted by Gasteiger charge is 2.52. The normalized spacial score (nSPS) is 23.3. The van der Waals surface area contributed by atoms with Gasteiger partial charge in [-0.15, -0.1) is 0 Å². The number of hydrogen-bond donors (Lipinski definition) is 0. The molecule has 0 N–H and O–H groups in total. The number of anilines is 1. The summed E-state index contributed by atoms with van der Waals surface area (Å²) < 4.78 is 0. The molecular weight excluding hydrogens is 288 g/mol. The molecule has 1 aliphatic heterocycles. The third-order valence-electron chi connectivity index (χ3n) is 5.10. The fourth-order valence-corrected chi connectivity index (χ4v) is 3.26. The van der Waals surface area contributed by atoms with E-state index in [0.717, 1.165) is 49.9 Å². The van der Waals surface area contributed by atoms with Crippen LogP contribution in [0.3, 0.4) is 0 Å². The number of hydrogen-bond acceptors (Lipinski definition) is 4. The van der Waals surface area contributed by atoms with Gasteiger partial charge in [-0.2, -0.15) is 0 Å². The van der Waals surface area contributed by atoms with E-state index in [9.17, 15) is 4.79 Å². The average molecular weight is 316 g/mol. The predicted octanol–water partition coefficient (Wildman–Crippen LogP) is 2.60. The van der Waals surface area contributed by atoms with Crippen molar-refractivity contribution in [3.05, 3.63) is 17.6 Å². The Morgan fingerprint density at radius 2 is 1.83 bits per heavy atom. The van der Waals surface area contributed by atoms with E-state index in [2.05, 4.69) is 37.6 Å². The minimum Gasteiger partial charge on any atom is -0.353 e. The SMILES string of the molecule is Cc1cc(N2CCN(C(=O)[C@H]3CC3(C)C)CC2)nc(C(C)C)n1. The molecule has 1 saturated carbocycles. The van der Waals surface area contributed by atoms with Crippen LogP contribution in [-0.2, 0) is 4.79 Å². The lowest BCUT2D eigenvalue weighted by Gasteiger charge is -2.36. The highest BCUT2D eigenvalue weighted by molar-refractivity contribution is 5.82. The van der Waals surface area contributed by atoms with Crippen molar-refractivity contribution < 1.29 is 4.79 Å². The van der Waals surface area contributed by atoms with Gasteiger partial charge in [0.1, 0.15) is 11.6 Å². The molecule has 2 aliphatic rings. The van der Waals surface area contributed by atoms with Crippen LogP contribution in [0.5, 0.6) is 0 Å². The van der Waals surface area contributed by atoms with Gasteiger partial charge in [0.2, 0.25) is 5.91 Å². The molecular formula is C18H28N4O. The van der Waals surface area contributed by atoms with E-state index in [0.29, 0.717) is 11.8 Å². The van der Waals surface area contributed by atoms with E-state index in [1.165, 1.54) is 0 Å². The Morgan fingerprint density at radius 3 is 2.35 bits per heavy atom. The summed E-state index contributed by atoms with van der Waals surface area (Å²) in [5, 5.41) is 0. The largest absolute Gasteiger partial charge is 0.353 e. The van der Waals surface area contributed by atoms with Crippen molar-refractivity contribution in [1.29, 1.82) is 0 Å². The molecule has 1 aliphatic carbocycles. The molecule has 2 fully saturated rings. The second-order valence-electron chi connectivity index (χ2n) is 7.94. The third kappa shape index (κ3) is 3.33. The lowest BCUT2D eigenvalue weighted by molar-refractivity contribution is -0.133. The summed E-state index contributed by atoms with van der Waals surface area (Å²) in [4.78, 5) is 26.0. The molecule has 5 nitrogen and oxygen atoms in total. The zero-order valence-electron chi connectivity index (χ0n) is 15.0. The first-order valence-electron chi connectivity index (χ1n) is 8.67. The minimum absolute atomic E-state index is 0.212. The van der Waals surface area contributed by atoms with Gasteiger partial charge in [-0.25, -0.2) is 9.97 Å². The molecule has 5 heteroatoms. The summed E-state index contributed by atoms with van der Waals surface area (Å²) in [6.07, 6.45) is 1.04. The number of carbonyl (C=O) groups is 1. The maximum absolute atomic E-state index is 12.5. The number of aryl methyl sites for hydroxylation is 1. The van der Waals surface area contributed by atoms with E-state index in [4.69, 9.17) is 4.98 Å². The number of rotatable bonds is 3. The van der Waals surface area contributed by atoms with Crippen LogP contribution in [0.2, 0.25) is 0 Å². The topological polar surface area (TPSA) is 49.3 Å².